The van der Waals surface area contributed by atoms with Crippen molar-refractivity contribution in [2.45, 2.75) is 71.9 Å². The quantitative estimate of drug-likeness (QED) is 0.618. The molecule has 0 aliphatic carbocycles. The highest BCUT2D eigenvalue weighted by Gasteiger charge is 2.12. The first-order valence-electron chi connectivity index (χ1n) is 6.86. The van der Waals surface area contributed by atoms with E-state index in [0.29, 0.717) is 12.1 Å². The van der Waals surface area contributed by atoms with Gasteiger partial charge in [0.25, 0.3) is 0 Å². The summed E-state index contributed by atoms with van der Waals surface area (Å²) in [6.07, 6.45) is 6.66. The molecule has 1 N–H and O–H groups in total. The van der Waals surface area contributed by atoms with Gasteiger partial charge in [-0.3, -0.25) is 0 Å². The van der Waals surface area contributed by atoms with Gasteiger partial charge in [-0.05, 0) is 38.6 Å². The van der Waals surface area contributed by atoms with Gasteiger partial charge in [0.05, 0.1) is 6.10 Å². The second-order valence-electron chi connectivity index (χ2n) is 5.26. The molecule has 0 aliphatic rings. The molecular weight excluding hydrogens is 198 g/mol. The van der Waals surface area contributed by atoms with Gasteiger partial charge < -0.3 is 10.1 Å². The summed E-state index contributed by atoms with van der Waals surface area (Å²) in [5.74, 6) is 0.826. The highest BCUT2D eigenvalue weighted by Crippen LogP contribution is 2.12. The Bertz CT molecular complexity index is 148. The molecule has 0 spiro atoms. The Labute approximate surface area is 102 Å². The molecule has 16 heavy (non-hydrogen) atoms. The topological polar surface area (TPSA) is 21.3 Å². The van der Waals surface area contributed by atoms with Gasteiger partial charge in [-0.25, -0.2) is 0 Å². The van der Waals surface area contributed by atoms with Gasteiger partial charge in [-0.1, -0.05) is 33.6 Å². The lowest BCUT2D eigenvalue weighted by Gasteiger charge is -2.22. The van der Waals surface area contributed by atoms with Gasteiger partial charge in [-0.15, -0.1) is 0 Å². The summed E-state index contributed by atoms with van der Waals surface area (Å²) in [6, 6.07) is 0.633. The molecule has 2 atom stereocenters. The van der Waals surface area contributed by atoms with Gasteiger partial charge in [0.15, 0.2) is 0 Å². The lowest BCUT2D eigenvalue weighted by Crippen LogP contribution is -2.33. The predicted octanol–water partition coefficient (Wildman–Crippen LogP) is 3.61. The monoisotopic (exact) mass is 229 g/mol. The van der Waals surface area contributed by atoms with Crippen molar-refractivity contribution >= 4 is 0 Å². The normalized spacial score (nSPS) is 15.4. The molecule has 2 unspecified atom stereocenters. The molecule has 0 amide bonds. The van der Waals surface area contributed by atoms with E-state index in [-0.39, 0.29) is 0 Å². The van der Waals surface area contributed by atoms with Crippen LogP contribution in [-0.4, -0.2) is 25.8 Å². The van der Waals surface area contributed by atoms with Crippen molar-refractivity contribution in [1.29, 1.82) is 0 Å². The summed E-state index contributed by atoms with van der Waals surface area (Å²) in [4.78, 5) is 0. The molecule has 0 bridgehead atoms. The molecule has 98 valence electrons. The Kier molecular flexibility index (Phi) is 10.0. The number of hydrogen-bond acceptors (Lipinski definition) is 2. The predicted molar refractivity (Wildman–Crippen MR) is 71.9 cm³/mol. The SMILES string of the molecule is CCCNC(CCCC(C)C)CC(C)OC. The highest BCUT2D eigenvalue weighted by molar-refractivity contribution is 4.70. The first-order valence-corrected chi connectivity index (χ1v) is 6.86. The minimum atomic E-state index is 0.369. The second-order valence-corrected chi connectivity index (χ2v) is 5.26. The van der Waals surface area contributed by atoms with Gasteiger partial charge >= 0.3 is 0 Å². The highest BCUT2D eigenvalue weighted by atomic mass is 16.5. The molecule has 2 heteroatoms. The molecule has 0 radical (unpaired) electrons. The van der Waals surface area contributed by atoms with Crippen molar-refractivity contribution in [2.75, 3.05) is 13.7 Å². The van der Waals surface area contributed by atoms with E-state index in [1.165, 1.54) is 25.7 Å². The first-order chi connectivity index (χ1) is 7.60. The average molecular weight is 229 g/mol. The van der Waals surface area contributed by atoms with Gasteiger partial charge in [0.1, 0.15) is 0 Å². The number of methoxy groups -OCH3 is 1. The zero-order valence-electron chi connectivity index (χ0n) is 11.9. The molecule has 2 nitrogen and oxygen atoms in total. The van der Waals surface area contributed by atoms with Crippen molar-refractivity contribution in [1.82, 2.24) is 5.32 Å². The Morgan fingerprint density at radius 3 is 2.31 bits per heavy atom. The third-order valence-electron chi connectivity index (χ3n) is 3.04. The van der Waals surface area contributed by atoms with E-state index < -0.39 is 0 Å². The Morgan fingerprint density at radius 1 is 1.12 bits per heavy atom. The molecule has 0 aromatic rings. The minimum Gasteiger partial charge on any atom is -0.382 e. The van der Waals surface area contributed by atoms with Crippen LogP contribution in [0.3, 0.4) is 0 Å². The number of rotatable bonds is 10. The zero-order chi connectivity index (χ0) is 12.4. The number of ether oxygens (including phenoxy) is 1. The lowest BCUT2D eigenvalue weighted by atomic mass is 9.99. The molecule has 0 fully saturated rings. The fourth-order valence-electron chi connectivity index (χ4n) is 1.92. The lowest BCUT2D eigenvalue weighted by molar-refractivity contribution is 0.0988. The van der Waals surface area contributed by atoms with Gasteiger partial charge in [-0.2, -0.15) is 0 Å². The third kappa shape index (κ3) is 9.17. The van der Waals surface area contributed by atoms with Gasteiger partial charge in [0.2, 0.25) is 0 Å². The molecule has 0 heterocycles. The molecule has 0 aliphatic heterocycles. The summed E-state index contributed by atoms with van der Waals surface area (Å²) in [5, 5.41) is 3.63. The maximum absolute atomic E-state index is 5.35. The van der Waals surface area contributed by atoms with Crippen LogP contribution < -0.4 is 5.32 Å². The Balaban J connectivity index is 3.80. The Hall–Kier alpha value is -0.0800. The number of nitrogens with one attached hydrogen (secondary N) is 1. The van der Waals surface area contributed by atoms with Crippen LogP contribution in [-0.2, 0) is 4.74 Å². The van der Waals surface area contributed by atoms with Crippen molar-refractivity contribution in [2.24, 2.45) is 5.92 Å². The van der Waals surface area contributed by atoms with Crippen molar-refractivity contribution < 1.29 is 4.74 Å². The van der Waals surface area contributed by atoms with Crippen LogP contribution in [0.5, 0.6) is 0 Å². The number of hydrogen-bond donors (Lipinski definition) is 1. The second kappa shape index (κ2) is 10.1. The largest absolute Gasteiger partial charge is 0.382 e. The first kappa shape index (κ1) is 15.9. The summed E-state index contributed by atoms with van der Waals surface area (Å²) >= 11 is 0. The van der Waals surface area contributed by atoms with Crippen LogP contribution >= 0.6 is 0 Å². The van der Waals surface area contributed by atoms with E-state index in [1.807, 2.05) is 0 Å². The van der Waals surface area contributed by atoms with Gasteiger partial charge in [0, 0.05) is 13.2 Å². The van der Waals surface area contributed by atoms with Crippen molar-refractivity contribution in [3.05, 3.63) is 0 Å². The summed E-state index contributed by atoms with van der Waals surface area (Å²) in [5.41, 5.74) is 0. The van der Waals surface area contributed by atoms with Crippen molar-refractivity contribution in [3.63, 3.8) is 0 Å². The van der Waals surface area contributed by atoms with E-state index in [0.717, 1.165) is 18.9 Å². The van der Waals surface area contributed by atoms with E-state index in [1.54, 1.807) is 7.11 Å². The zero-order valence-corrected chi connectivity index (χ0v) is 11.9. The van der Waals surface area contributed by atoms with Crippen LogP contribution in [0.2, 0.25) is 0 Å². The summed E-state index contributed by atoms with van der Waals surface area (Å²) < 4.78 is 5.35. The van der Waals surface area contributed by atoms with Crippen LogP contribution in [0.15, 0.2) is 0 Å². The minimum absolute atomic E-state index is 0.369. The van der Waals surface area contributed by atoms with E-state index in [4.69, 9.17) is 4.74 Å². The summed E-state index contributed by atoms with van der Waals surface area (Å²) in [7, 11) is 1.80. The van der Waals surface area contributed by atoms with Crippen LogP contribution in [0.25, 0.3) is 0 Å². The van der Waals surface area contributed by atoms with Crippen molar-refractivity contribution in [3.8, 4) is 0 Å². The Morgan fingerprint density at radius 2 is 1.81 bits per heavy atom. The standard InChI is InChI=1S/C14H31NO/c1-6-10-15-14(11-13(4)16-5)9-7-8-12(2)3/h12-15H,6-11H2,1-5H3. The maximum atomic E-state index is 5.35. The molecule has 0 rings (SSSR count). The molecule has 0 aromatic carbocycles. The van der Waals surface area contributed by atoms with Crippen LogP contribution in [0.4, 0.5) is 0 Å². The third-order valence-corrected chi connectivity index (χ3v) is 3.04. The fourth-order valence-corrected chi connectivity index (χ4v) is 1.92. The molecular formula is C14H31NO. The van der Waals surface area contributed by atoms with Crippen LogP contribution in [0, 0.1) is 5.92 Å². The van der Waals surface area contributed by atoms with Crippen LogP contribution in [0.1, 0.15) is 59.8 Å². The smallest absolute Gasteiger partial charge is 0.0558 e. The van der Waals surface area contributed by atoms with E-state index in [2.05, 4.69) is 33.0 Å². The maximum Gasteiger partial charge on any atom is 0.0558 e. The van der Waals surface area contributed by atoms with E-state index >= 15 is 0 Å². The average Bonchev–Trinajstić information content (AvgIpc) is 2.24. The molecule has 0 saturated heterocycles. The summed E-state index contributed by atoms with van der Waals surface area (Å²) in [6.45, 7) is 10.1. The molecule has 0 saturated carbocycles. The fraction of sp³-hybridized carbons (Fsp3) is 1.00. The van der Waals surface area contributed by atoms with E-state index in [9.17, 15) is 0 Å². The molecule has 0 aromatic heterocycles.